The first-order valence-corrected chi connectivity index (χ1v) is 4.66. The van der Waals surface area contributed by atoms with Crippen LogP contribution in [0.2, 0.25) is 0 Å². The molecule has 3 nitrogen and oxygen atoms in total. The Kier molecular flexibility index (Phi) is 2.05. The zero-order valence-electron chi connectivity index (χ0n) is 7.62. The minimum Gasteiger partial charge on any atom is -0.378 e. The van der Waals surface area contributed by atoms with Crippen molar-refractivity contribution in [1.82, 2.24) is 5.01 Å². The van der Waals surface area contributed by atoms with Gasteiger partial charge in [0, 0.05) is 11.6 Å². The highest BCUT2D eigenvalue weighted by molar-refractivity contribution is 5.68. The molecule has 2 aliphatic rings. The maximum absolute atomic E-state index is 5.23. The van der Waals surface area contributed by atoms with Crippen molar-refractivity contribution < 1.29 is 4.74 Å². The van der Waals surface area contributed by atoms with E-state index in [9.17, 15) is 0 Å². The highest BCUT2D eigenvalue weighted by Crippen LogP contribution is 2.42. The Morgan fingerprint density at radius 1 is 1.33 bits per heavy atom. The summed E-state index contributed by atoms with van der Waals surface area (Å²) in [5.41, 5.74) is 0.429. The molecule has 0 bridgehead atoms. The van der Waals surface area contributed by atoms with E-state index in [1.54, 1.807) is 0 Å². The number of hydrazone groups is 1. The van der Waals surface area contributed by atoms with E-state index in [1.165, 1.54) is 12.8 Å². The second-order valence-corrected chi connectivity index (χ2v) is 3.96. The molecule has 12 heavy (non-hydrogen) atoms. The van der Waals surface area contributed by atoms with Gasteiger partial charge in [0.25, 0.3) is 0 Å². The SMILES string of the molecule is CC1(/C=N/N2CCOCC2)CC1. The van der Waals surface area contributed by atoms with Crippen molar-refractivity contribution in [3.05, 3.63) is 0 Å². The summed E-state index contributed by atoms with van der Waals surface area (Å²) < 4.78 is 5.23. The summed E-state index contributed by atoms with van der Waals surface area (Å²) in [7, 11) is 0. The maximum Gasteiger partial charge on any atom is 0.0659 e. The van der Waals surface area contributed by atoms with Gasteiger partial charge in [-0.05, 0) is 12.8 Å². The number of nitrogens with zero attached hydrogens (tertiary/aromatic N) is 2. The van der Waals surface area contributed by atoms with E-state index in [2.05, 4.69) is 23.2 Å². The van der Waals surface area contributed by atoms with Crippen LogP contribution < -0.4 is 0 Å². The van der Waals surface area contributed by atoms with Crippen LogP contribution in [-0.4, -0.2) is 37.5 Å². The number of ether oxygens (including phenoxy) is 1. The third-order valence-electron chi connectivity index (χ3n) is 2.56. The molecule has 1 aliphatic heterocycles. The predicted molar refractivity (Wildman–Crippen MR) is 48.2 cm³/mol. The Balaban J connectivity index is 1.80. The summed E-state index contributed by atoms with van der Waals surface area (Å²) >= 11 is 0. The third kappa shape index (κ3) is 1.97. The van der Waals surface area contributed by atoms with E-state index in [1.807, 2.05) is 0 Å². The lowest BCUT2D eigenvalue weighted by Gasteiger charge is -2.23. The Bertz CT molecular complexity index is 181. The van der Waals surface area contributed by atoms with Crippen LogP contribution in [0.3, 0.4) is 0 Å². The molecule has 0 atom stereocenters. The topological polar surface area (TPSA) is 24.8 Å². The first-order chi connectivity index (χ1) is 5.79. The van der Waals surface area contributed by atoms with Gasteiger partial charge in [-0.2, -0.15) is 5.10 Å². The molecule has 1 saturated carbocycles. The Hall–Kier alpha value is -0.570. The second-order valence-electron chi connectivity index (χ2n) is 3.96. The zero-order chi connectivity index (χ0) is 8.44. The van der Waals surface area contributed by atoms with Gasteiger partial charge in [0.15, 0.2) is 0 Å². The van der Waals surface area contributed by atoms with Gasteiger partial charge in [-0.15, -0.1) is 0 Å². The molecule has 0 N–H and O–H groups in total. The fourth-order valence-corrected chi connectivity index (χ4v) is 1.22. The molecular formula is C9H16N2O. The van der Waals surface area contributed by atoms with E-state index < -0.39 is 0 Å². The van der Waals surface area contributed by atoms with Crippen LogP contribution in [0.5, 0.6) is 0 Å². The number of hydrogen-bond acceptors (Lipinski definition) is 3. The molecule has 0 aromatic heterocycles. The van der Waals surface area contributed by atoms with Crippen molar-refractivity contribution >= 4 is 6.21 Å². The lowest BCUT2D eigenvalue weighted by Crippen LogP contribution is -2.32. The van der Waals surface area contributed by atoms with Crippen LogP contribution in [0.1, 0.15) is 19.8 Å². The molecule has 0 unspecified atom stereocenters. The van der Waals surface area contributed by atoms with E-state index in [0.29, 0.717) is 5.41 Å². The molecule has 0 amide bonds. The summed E-state index contributed by atoms with van der Waals surface area (Å²) in [6.07, 6.45) is 4.72. The lowest BCUT2D eigenvalue weighted by molar-refractivity contribution is 0.0394. The van der Waals surface area contributed by atoms with E-state index in [0.717, 1.165) is 26.3 Å². The smallest absolute Gasteiger partial charge is 0.0659 e. The van der Waals surface area contributed by atoms with Gasteiger partial charge in [0.2, 0.25) is 0 Å². The molecule has 2 fully saturated rings. The van der Waals surface area contributed by atoms with Crippen LogP contribution in [0.15, 0.2) is 5.10 Å². The van der Waals surface area contributed by atoms with Gasteiger partial charge >= 0.3 is 0 Å². The summed E-state index contributed by atoms with van der Waals surface area (Å²) in [6.45, 7) is 5.82. The Morgan fingerprint density at radius 3 is 2.58 bits per heavy atom. The first-order valence-electron chi connectivity index (χ1n) is 4.66. The van der Waals surface area contributed by atoms with Crippen LogP contribution in [-0.2, 0) is 4.74 Å². The van der Waals surface area contributed by atoms with Crippen molar-refractivity contribution in [3.63, 3.8) is 0 Å². The number of morpholine rings is 1. The highest BCUT2D eigenvalue weighted by atomic mass is 16.5. The fourth-order valence-electron chi connectivity index (χ4n) is 1.22. The zero-order valence-corrected chi connectivity index (χ0v) is 7.62. The van der Waals surface area contributed by atoms with Gasteiger partial charge in [-0.25, -0.2) is 0 Å². The summed E-state index contributed by atoms with van der Waals surface area (Å²) in [6, 6.07) is 0. The molecule has 1 aliphatic carbocycles. The van der Waals surface area contributed by atoms with Crippen molar-refractivity contribution in [2.24, 2.45) is 10.5 Å². The van der Waals surface area contributed by atoms with Gasteiger partial charge in [-0.1, -0.05) is 6.92 Å². The number of hydrogen-bond donors (Lipinski definition) is 0. The molecule has 1 saturated heterocycles. The van der Waals surface area contributed by atoms with Crippen molar-refractivity contribution in [2.45, 2.75) is 19.8 Å². The minimum atomic E-state index is 0.429. The third-order valence-corrected chi connectivity index (χ3v) is 2.56. The first kappa shape index (κ1) is 8.05. The quantitative estimate of drug-likeness (QED) is 0.577. The summed E-state index contributed by atoms with van der Waals surface area (Å²) in [5, 5.41) is 6.55. The van der Waals surface area contributed by atoms with E-state index in [4.69, 9.17) is 4.74 Å². The van der Waals surface area contributed by atoms with Crippen molar-refractivity contribution in [1.29, 1.82) is 0 Å². The Morgan fingerprint density at radius 2 is 2.00 bits per heavy atom. The standard InChI is InChI=1S/C9H16N2O/c1-9(2-3-9)8-10-11-4-6-12-7-5-11/h8H,2-7H2,1H3/b10-8+. The Labute approximate surface area is 73.4 Å². The van der Waals surface area contributed by atoms with Gasteiger partial charge in [0.05, 0.1) is 26.3 Å². The minimum absolute atomic E-state index is 0.429. The maximum atomic E-state index is 5.23. The average Bonchev–Trinajstić information content (AvgIpc) is 2.84. The van der Waals surface area contributed by atoms with Crippen molar-refractivity contribution in [3.8, 4) is 0 Å². The monoisotopic (exact) mass is 168 g/mol. The molecule has 0 spiro atoms. The van der Waals surface area contributed by atoms with Crippen LogP contribution in [0.4, 0.5) is 0 Å². The molecule has 0 radical (unpaired) electrons. The summed E-state index contributed by atoms with van der Waals surface area (Å²) in [4.78, 5) is 0. The average molecular weight is 168 g/mol. The molecular weight excluding hydrogens is 152 g/mol. The highest BCUT2D eigenvalue weighted by Gasteiger charge is 2.35. The van der Waals surface area contributed by atoms with Crippen LogP contribution >= 0.6 is 0 Å². The predicted octanol–water partition coefficient (Wildman–Crippen LogP) is 1.10. The van der Waals surface area contributed by atoms with Gasteiger partial charge in [-0.3, -0.25) is 5.01 Å². The molecule has 2 rings (SSSR count). The molecule has 0 aromatic carbocycles. The molecule has 68 valence electrons. The molecule has 1 heterocycles. The number of rotatable bonds is 2. The van der Waals surface area contributed by atoms with Gasteiger partial charge in [0.1, 0.15) is 0 Å². The summed E-state index contributed by atoms with van der Waals surface area (Å²) in [5.74, 6) is 0. The second kappa shape index (κ2) is 3.05. The van der Waals surface area contributed by atoms with Crippen molar-refractivity contribution in [2.75, 3.05) is 26.3 Å². The lowest BCUT2D eigenvalue weighted by atomic mass is 10.2. The van der Waals surface area contributed by atoms with E-state index in [-0.39, 0.29) is 0 Å². The van der Waals surface area contributed by atoms with E-state index >= 15 is 0 Å². The van der Waals surface area contributed by atoms with Gasteiger partial charge < -0.3 is 4.74 Å². The van der Waals surface area contributed by atoms with Crippen LogP contribution in [0.25, 0.3) is 0 Å². The molecule has 0 aromatic rings. The normalized spacial score (nSPS) is 27.9. The van der Waals surface area contributed by atoms with Crippen LogP contribution in [0, 0.1) is 5.41 Å². The largest absolute Gasteiger partial charge is 0.378 e. The fraction of sp³-hybridized carbons (Fsp3) is 0.889. The molecule has 3 heteroatoms.